The maximum atomic E-state index is 12.3. The Labute approximate surface area is 169 Å². The normalized spacial score (nSPS) is 14.8. The van der Waals surface area contributed by atoms with Crippen molar-refractivity contribution in [3.05, 3.63) is 87.2 Å². The van der Waals surface area contributed by atoms with Crippen molar-refractivity contribution in [3.8, 4) is 17.0 Å². The summed E-state index contributed by atoms with van der Waals surface area (Å²) >= 11 is 0. The summed E-state index contributed by atoms with van der Waals surface area (Å²) in [7, 11) is 0. The van der Waals surface area contributed by atoms with E-state index in [-0.39, 0.29) is 11.6 Å². The summed E-state index contributed by atoms with van der Waals surface area (Å²) in [5.41, 5.74) is 4.29. The number of aromatic nitrogens is 1. The van der Waals surface area contributed by atoms with Gasteiger partial charge in [-0.15, -0.1) is 0 Å². The number of hydrogen-bond acceptors (Lipinski definition) is 3. The molecule has 0 radical (unpaired) electrons. The average molecular weight is 389 g/mol. The number of carboxylic acid groups (broad SMARTS) is 1. The number of pyridine rings is 1. The second-order valence-electron chi connectivity index (χ2n) is 7.46. The van der Waals surface area contributed by atoms with Crippen molar-refractivity contribution in [2.24, 2.45) is 0 Å². The van der Waals surface area contributed by atoms with Crippen molar-refractivity contribution in [2.75, 3.05) is 0 Å². The average Bonchev–Trinajstić information content (AvgIpc) is 2.72. The van der Waals surface area contributed by atoms with Crippen LogP contribution in [0, 0.1) is 6.92 Å². The van der Waals surface area contributed by atoms with Crippen LogP contribution in [0.15, 0.2) is 59.5 Å². The Kier molecular flexibility index (Phi) is 4.97. The third-order valence-corrected chi connectivity index (χ3v) is 5.54. The Balaban J connectivity index is 1.75. The monoisotopic (exact) mass is 389 g/mol. The van der Waals surface area contributed by atoms with E-state index in [1.54, 1.807) is 0 Å². The molecule has 0 spiro atoms. The van der Waals surface area contributed by atoms with Crippen LogP contribution in [0.1, 0.15) is 46.4 Å². The molecule has 1 aliphatic rings. The lowest BCUT2D eigenvalue weighted by molar-refractivity contribution is 0.0694. The molecule has 0 fully saturated rings. The zero-order valence-electron chi connectivity index (χ0n) is 16.5. The van der Waals surface area contributed by atoms with Crippen LogP contribution in [0.5, 0.6) is 5.75 Å². The summed E-state index contributed by atoms with van der Waals surface area (Å²) in [6.45, 7) is 4.55. The van der Waals surface area contributed by atoms with Crippen molar-refractivity contribution in [2.45, 2.75) is 39.3 Å². The first-order chi connectivity index (χ1) is 14.0. The molecule has 29 heavy (non-hydrogen) atoms. The lowest BCUT2D eigenvalue weighted by Gasteiger charge is -2.31. The van der Waals surface area contributed by atoms with E-state index in [0.29, 0.717) is 6.61 Å². The number of fused-ring (bicyclic) bond motifs is 3. The molecule has 0 unspecified atom stereocenters. The van der Waals surface area contributed by atoms with Crippen LogP contribution in [0.3, 0.4) is 0 Å². The second-order valence-corrected chi connectivity index (χ2v) is 7.46. The number of ether oxygens (including phenoxy) is 1. The van der Waals surface area contributed by atoms with Gasteiger partial charge in [0.1, 0.15) is 17.9 Å². The van der Waals surface area contributed by atoms with Gasteiger partial charge >= 0.3 is 5.97 Å². The number of rotatable bonds is 5. The summed E-state index contributed by atoms with van der Waals surface area (Å²) in [5, 5.41) is 9.33. The number of benzene rings is 2. The van der Waals surface area contributed by atoms with E-state index in [4.69, 9.17) is 4.74 Å². The minimum absolute atomic E-state index is 0.0980. The van der Waals surface area contributed by atoms with Gasteiger partial charge < -0.3 is 14.4 Å². The Bertz CT molecular complexity index is 1130. The van der Waals surface area contributed by atoms with Crippen molar-refractivity contribution < 1.29 is 14.6 Å². The van der Waals surface area contributed by atoms with Gasteiger partial charge in [-0.2, -0.15) is 0 Å². The van der Waals surface area contributed by atoms with Gasteiger partial charge in [0.25, 0.3) is 0 Å². The molecular weight excluding hydrogens is 366 g/mol. The predicted molar refractivity (Wildman–Crippen MR) is 112 cm³/mol. The third kappa shape index (κ3) is 3.56. The Morgan fingerprint density at radius 3 is 2.66 bits per heavy atom. The standard InChI is InChI=1S/C24H23NO4/c1-3-18-10-17-11-23(29-14-16-7-5-4-6-8-16)15(2)9-19(17)21-12-22(26)20(24(27)28)13-25(18)21/h4-9,11-13,18H,3,10,14H2,1-2H3,(H,27,28)/t18-/m1/s1. The first kappa shape index (κ1) is 19.0. The van der Waals surface area contributed by atoms with E-state index >= 15 is 0 Å². The predicted octanol–water partition coefficient (Wildman–Crippen LogP) is 4.61. The fourth-order valence-corrected chi connectivity index (χ4v) is 3.95. The SMILES string of the molecule is CC[C@@H]1Cc2cc(OCc3ccccc3)c(C)cc2-c2cc(=O)c(C(=O)O)cn21. The zero-order chi connectivity index (χ0) is 20.5. The van der Waals surface area contributed by atoms with Crippen LogP contribution >= 0.6 is 0 Å². The highest BCUT2D eigenvalue weighted by molar-refractivity contribution is 5.87. The molecule has 0 bridgehead atoms. The summed E-state index contributed by atoms with van der Waals surface area (Å²) < 4.78 is 8.02. The minimum Gasteiger partial charge on any atom is -0.489 e. The number of hydrogen-bond donors (Lipinski definition) is 1. The largest absolute Gasteiger partial charge is 0.489 e. The lowest BCUT2D eigenvalue weighted by Crippen LogP contribution is -2.25. The van der Waals surface area contributed by atoms with Crippen LogP contribution in [-0.4, -0.2) is 15.6 Å². The lowest BCUT2D eigenvalue weighted by atomic mass is 9.89. The fourth-order valence-electron chi connectivity index (χ4n) is 3.95. The molecule has 2 heterocycles. The molecule has 4 rings (SSSR count). The van der Waals surface area contributed by atoms with Crippen molar-refractivity contribution in [1.82, 2.24) is 4.57 Å². The van der Waals surface area contributed by atoms with Crippen molar-refractivity contribution in [1.29, 1.82) is 0 Å². The van der Waals surface area contributed by atoms with Gasteiger partial charge in [-0.05, 0) is 48.6 Å². The van der Waals surface area contributed by atoms with E-state index in [1.165, 1.54) is 12.3 Å². The molecule has 1 N–H and O–H groups in total. The number of aryl methyl sites for hydroxylation is 1. The van der Waals surface area contributed by atoms with E-state index in [2.05, 4.69) is 13.0 Å². The van der Waals surface area contributed by atoms with E-state index in [0.717, 1.165) is 46.5 Å². The highest BCUT2D eigenvalue weighted by Gasteiger charge is 2.26. The fraction of sp³-hybridized carbons (Fsp3) is 0.250. The Morgan fingerprint density at radius 2 is 1.97 bits per heavy atom. The van der Waals surface area contributed by atoms with Gasteiger partial charge in [0.05, 0.1) is 5.69 Å². The Hall–Kier alpha value is -3.34. The molecule has 2 aromatic carbocycles. The molecule has 0 amide bonds. The molecule has 0 saturated heterocycles. The molecule has 5 heteroatoms. The number of nitrogens with zero attached hydrogens (tertiary/aromatic N) is 1. The van der Waals surface area contributed by atoms with Crippen LogP contribution in [0.4, 0.5) is 0 Å². The Morgan fingerprint density at radius 1 is 1.21 bits per heavy atom. The van der Waals surface area contributed by atoms with Gasteiger partial charge in [-0.25, -0.2) is 4.79 Å². The van der Waals surface area contributed by atoms with Crippen LogP contribution in [0.2, 0.25) is 0 Å². The summed E-state index contributed by atoms with van der Waals surface area (Å²) in [4.78, 5) is 23.7. The molecular formula is C24H23NO4. The first-order valence-corrected chi connectivity index (χ1v) is 9.78. The maximum Gasteiger partial charge on any atom is 0.341 e. The van der Waals surface area contributed by atoms with E-state index in [1.807, 2.05) is 47.9 Å². The molecule has 1 atom stereocenters. The van der Waals surface area contributed by atoms with Crippen LogP contribution < -0.4 is 10.2 Å². The third-order valence-electron chi connectivity index (χ3n) is 5.54. The van der Waals surface area contributed by atoms with E-state index < -0.39 is 11.4 Å². The van der Waals surface area contributed by atoms with Gasteiger partial charge in [-0.3, -0.25) is 4.79 Å². The van der Waals surface area contributed by atoms with Gasteiger partial charge in [-0.1, -0.05) is 37.3 Å². The molecule has 1 aliphatic heterocycles. The summed E-state index contributed by atoms with van der Waals surface area (Å²) in [6, 6.07) is 15.7. The minimum atomic E-state index is -1.19. The van der Waals surface area contributed by atoms with E-state index in [9.17, 15) is 14.7 Å². The molecule has 3 aromatic rings. The quantitative estimate of drug-likeness (QED) is 0.692. The van der Waals surface area contributed by atoms with Crippen LogP contribution in [0.25, 0.3) is 11.3 Å². The maximum absolute atomic E-state index is 12.3. The zero-order valence-corrected chi connectivity index (χ0v) is 16.5. The summed E-state index contributed by atoms with van der Waals surface area (Å²) in [5.74, 6) is -0.354. The van der Waals surface area contributed by atoms with Gasteiger partial charge in [0.2, 0.25) is 0 Å². The number of carboxylic acids is 1. The molecule has 0 saturated carbocycles. The number of aromatic carboxylic acids is 1. The topological polar surface area (TPSA) is 68.5 Å². The van der Waals surface area contributed by atoms with Gasteiger partial charge in [0.15, 0.2) is 5.43 Å². The first-order valence-electron chi connectivity index (χ1n) is 9.78. The van der Waals surface area contributed by atoms with Crippen LogP contribution in [-0.2, 0) is 13.0 Å². The molecule has 148 valence electrons. The molecule has 0 aliphatic carbocycles. The van der Waals surface area contributed by atoms with Gasteiger partial charge in [0, 0.05) is 23.9 Å². The molecule has 5 nitrogen and oxygen atoms in total. The second kappa shape index (κ2) is 7.59. The van der Waals surface area contributed by atoms with Crippen molar-refractivity contribution >= 4 is 5.97 Å². The highest BCUT2D eigenvalue weighted by Crippen LogP contribution is 2.38. The van der Waals surface area contributed by atoms with Crippen molar-refractivity contribution in [3.63, 3.8) is 0 Å². The smallest absolute Gasteiger partial charge is 0.341 e. The highest BCUT2D eigenvalue weighted by atomic mass is 16.5. The molecule has 1 aromatic heterocycles. The number of carbonyl (C=O) groups is 1. The summed E-state index contributed by atoms with van der Waals surface area (Å²) in [6.07, 6.45) is 3.09.